The smallest absolute Gasteiger partial charge is 0.278 e. The molecule has 0 fully saturated rings. The maximum absolute atomic E-state index is 14.2. The van der Waals surface area contributed by atoms with Gasteiger partial charge in [0.25, 0.3) is 5.91 Å². The molecule has 28 heavy (non-hydrogen) atoms. The van der Waals surface area contributed by atoms with Crippen LogP contribution >= 0.6 is 11.3 Å². The molecule has 3 aromatic rings. The number of aliphatic hydroxyl groups is 1. The van der Waals surface area contributed by atoms with E-state index in [-0.39, 0.29) is 18.9 Å². The molecule has 0 bridgehead atoms. The van der Waals surface area contributed by atoms with E-state index in [0.717, 1.165) is 11.1 Å². The summed E-state index contributed by atoms with van der Waals surface area (Å²) < 4.78 is 14.2. The molecule has 0 saturated heterocycles. The van der Waals surface area contributed by atoms with Gasteiger partial charge in [0.15, 0.2) is 0 Å². The highest BCUT2D eigenvalue weighted by Gasteiger charge is 2.21. The average Bonchev–Trinajstić information content (AvgIpc) is 3.03. The number of amides is 1. The van der Waals surface area contributed by atoms with E-state index in [1.54, 1.807) is 25.3 Å². The number of hydrogen-bond donors (Lipinski definition) is 3. The zero-order valence-corrected chi connectivity index (χ0v) is 17.1. The highest BCUT2D eigenvalue weighted by Crippen LogP contribution is 2.37. The number of fused-ring (bicyclic) bond motifs is 1. The fraction of sp³-hybridized carbons (Fsp3) is 0.300. The summed E-state index contributed by atoms with van der Waals surface area (Å²) >= 11 is 1.25. The number of aliphatic hydroxyl groups excluding tert-OH is 1. The Morgan fingerprint density at radius 3 is 2.68 bits per heavy atom. The number of carbonyl (C=O) groups excluding carboxylic acids is 1. The standard InChI is InChI=1S/C18H18FN3O3S.C2H6/c1-10-3-4-14(13(19)8-10)21-18-15(16(24)22-25-6-5-23)12-7-11(2)9-20-17(12)26-18;1-2/h3-4,7-9,21,23H,5-6H2,1-2H3,(H,22,24);1-2H3. The van der Waals surface area contributed by atoms with Gasteiger partial charge in [-0.2, -0.15) is 0 Å². The zero-order chi connectivity index (χ0) is 20.7. The summed E-state index contributed by atoms with van der Waals surface area (Å²) in [6.07, 6.45) is 1.71. The third-order valence-electron chi connectivity index (χ3n) is 3.64. The normalized spacial score (nSPS) is 10.4. The highest BCUT2D eigenvalue weighted by atomic mass is 32.1. The van der Waals surface area contributed by atoms with Gasteiger partial charge in [0.05, 0.1) is 24.5 Å². The van der Waals surface area contributed by atoms with Crippen LogP contribution < -0.4 is 10.8 Å². The van der Waals surface area contributed by atoms with Crippen molar-refractivity contribution in [1.82, 2.24) is 10.5 Å². The lowest BCUT2D eigenvalue weighted by Crippen LogP contribution is -2.25. The Bertz CT molecular complexity index is 959. The zero-order valence-electron chi connectivity index (χ0n) is 16.3. The van der Waals surface area contributed by atoms with E-state index in [9.17, 15) is 9.18 Å². The van der Waals surface area contributed by atoms with E-state index in [1.165, 1.54) is 17.4 Å². The largest absolute Gasteiger partial charge is 0.394 e. The number of hydrogen-bond acceptors (Lipinski definition) is 6. The molecule has 6 nitrogen and oxygen atoms in total. The van der Waals surface area contributed by atoms with Crippen LogP contribution in [-0.2, 0) is 4.84 Å². The van der Waals surface area contributed by atoms with E-state index in [4.69, 9.17) is 9.94 Å². The van der Waals surface area contributed by atoms with Gasteiger partial charge >= 0.3 is 0 Å². The van der Waals surface area contributed by atoms with Crippen LogP contribution in [0.4, 0.5) is 15.1 Å². The lowest BCUT2D eigenvalue weighted by Gasteiger charge is -2.10. The molecule has 0 aliphatic heterocycles. The van der Waals surface area contributed by atoms with Crippen molar-refractivity contribution in [2.45, 2.75) is 27.7 Å². The highest BCUT2D eigenvalue weighted by molar-refractivity contribution is 7.23. The summed E-state index contributed by atoms with van der Waals surface area (Å²) in [7, 11) is 0. The van der Waals surface area contributed by atoms with E-state index in [1.807, 2.05) is 26.8 Å². The first-order valence-electron chi connectivity index (χ1n) is 8.95. The SMILES string of the molecule is CC.Cc1ccc(Nc2sc3ncc(C)cc3c2C(=O)NOCCO)c(F)c1. The van der Waals surface area contributed by atoms with Crippen LogP contribution in [0.3, 0.4) is 0 Å². The number of hydroxylamine groups is 1. The number of benzene rings is 1. The fourth-order valence-corrected chi connectivity index (χ4v) is 3.49. The van der Waals surface area contributed by atoms with Gasteiger partial charge in [0.1, 0.15) is 15.6 Å². The lowest BCUT2D eigenvalue weighted by molar-refractivity contribution is 0.0170. The molecular weight excluding hydrogens is 381 g/mol. The summed E-state index contributed by atoms with van der Waals surface area (Å²) in [6.45, 7) is 7.43. The van der Waals surface area contributed by atoms with E-state index >= 15 is 0 Å². The number of halogens is 1. The summed E-state index contributed by atoms with van der Waals surface area (Å²) in [5.41, 5.74) is 4.58. The average molecular weight is 405 g/mol. The van der Waals surface area contributed by atoms with Crippen LogP contribution in [0.1, 0.15) is 35.3 Å². The number of nitrogens with zero attached hydrogens (tertiary/aromatic N) is 1. The molecule has 3 rings (SSSR count). The second-order valence-corrected chi connectivity index (χ2v) is 6.78. The Labute approximate surface area is 167 Å². The van der Waals surface area contributed by atoms with Crippen LogP contribution in [0.5, 0.6) is 0 Å². The molecule has 2 heterocycles. The van der Waals surface area contributed by atoms with Crippen LogP contribution in [-0.4, -0.2) is 29.2 Å². The predicted molar refractivity (Wildman–Crippen MR) is 111 cm³/mol. The lowest BCUT2D eigenvalue weighted by atomic mass is 10.1. The molecule has 1 amide bonds. The van der Waals surface area contributed by atoms with Crippen molar-refractivity contribution in [1.29, 1.82) is 0 Å². The van der Waals surface area contributed by atoms with Gasteiger partial charge in [0.2, 0.25) is 0 Å². The Hall–Kier alpha value is -2.55. The van der Waals surface area contributed by atoms with Gasteiger partial charge in [-0.3, -0.25) is 9.63 Å². The minimum Gasteiger partial charge on any atom is -0.394 e. The molecule has 150 valence electrons. The molecule has 2 aromatic heterocycles. The predicted octanol–water partition coefficient (Wildman–Crippen LogP) is 4.48. The molecule has 0 aliphatic rings. The Morgan fingerprint density at radius 2 is 2.00 bits per heavy atom. The van der Waals surface area contributed by atoms with E-state index < -0.39 is 11.7 Å². The van der Waals surface area contributed by atoms with Gasteiger partial charge in [0, 0.05) is 11.6 Å². The number of carbonyl (C=O) groups is 1. The first-order chi connectivity index (χ1) is 13.5. The fourth-order valence-electron chi connectivity index (χ4n) is 2.46. The molecule has 0 spiro atoms. The first kappa shape index (κ1) is 21.7. The maximum Gasteiger partial charge on any atom is 0.278 e. The summed E-state index contributed by atoms with van der Waals surface area (Å²) in [4.78, 5) is 22.5. The van der Waals surface area contributed by atoms with Gasteiger partial charge in [-0.25, -0.2) is 14.9 Å². The van der Waals surface area contributed by atoms with Crippen LogP contribution in [0.15, 0.2) is 30.5 Å². The third-order valence-corrected chi connectivity index (χ3v) is 4.67. The summed E-state index contributed by atoms with van der Waals surface area (Å²) in [5, 5.41) is 12.9. The number of thiophene rings is 1. The second kappa shape index (κ2) is 10.1. The maximum atomic E-state index is 14.2. The third kappa shape index (κ3) is 5.03. The molecule has 0 unspecified atom stereocenters. The van der Waals surface area contributed by atoms with Gasteiger partial charge in [-0.1, -0.05) is 31.3 Å². The Morgan fingerprint density at radius 1 is 1.25 bits per heavy atom. The Kier molecular flexibility index (Phi) is 7.86. The van der Waals surface area contributed by atoms with Crippen molar-refractivity contribution in [3.8, 4) is 0 Å². The van der Waals surface area contributed by atoms with Crippen molar-refractivity contribution in [3.05, 3.63) is 53.0 Å². The first-order valence-corrected chi connectivity index (χ1v) is 9.76. The topological polar surface area (TPSA) is 83.5 Å². The second-order valence-electron chi connectivity index (χ2n) is 5.78. The number of aryl methyl sites for hydroxylation is 2. The van der Waals surface area contributed by atoms with Crippen molar-refractivity contribution in [2.24, 2.45) is 0 Å². The molecule has 0 saturated carbocycles. The van der Waals surface area contributed by atoms with Crippen LogP contribution in [0.2, 0.25) is 0 Å². The van der Waals surface area contributed by atoms with Crippen LogP contribution in [0, 0.1) is 19.7 Å². The number of rotatable bonds is 6. The van der Waals surface area contributed by atoms with E-state index in [2.05, 4.69) is 15.8 Å². The summed E-state index contributed by atoms with van der Waals surface area (Å²) in [6, 6.07) is 6.67. The van der Waals surface area contributed by atoms with Gasteiger partial charge in [-0.05, 0) is 43.2 Å². The molecule has 1 aromatic carbocycles. The van der Waals surface area contributed by atoms with E-state index in [0.29, 0.717) is 20.8 Å². The van der Waals surface area contributed by atoms with Crippen molar-refractivity contribution in [2.75, 3.05) is 18.5 Å². The number of nitrogens with one attached hydrogen (secondary N) is 2. The number of anilines is 2. The van der Waals surface area contributed by atoms with Crippen molar-refractivity contribution in [3.63, 3.8) is 0 Å². The Balaban J connectivity index is 0.00000136. The number of aromatic nitrogens is 1. The number of pyridine rings is 1. The molecule has 0 radical (unpaired) electrons. The molecular formula is C20H24FN3O3S. The van der Waals surface area contributed by atoms with Crippen LogP contribution in [0.25, 0.3) is 10.2 Å². The van der Waals surface area contributed by atoms with Gasteiger partial charge in [-0.15, -0.1) is 0 Å². The summed E-state index contributed by atoms with van der Waals surface area (Å²) in [5.74, 6) is -0.901. The molecule has 0 aliphatic carbocycles. The minimum absolute atomic E-state index is 0.0273. The van der Waals surface area contributed by atoms with Crippen molar-refractivity contribution < 1.29 is 19.1 Å². The molecule has 3 N–H and O–H groups in total. The molecule has 8 heteroatoms. The van der Waals surface area contributed by atoms with Gasteiger partial charge < -0.3 is 10.4 Å². The quantitative estimate of drug-likeness (QED) is 0.416. The van der Waals surface area contributed by atoms with Crippen molar-refractivity contribution >= 4 is 38.1 Å². The minimum atomic E-state index is -0.493. The molecule has 0 atom stereocenters. The monoisotopic (exact) mass is 405 g/mol.